The number of phenolic OH excluding ortho intramolecular Hbond substituents is 1. The molecule has 2 N–H and O–H groups in total. The van der Waals surface area contributed by atoms with Gasteiger partial charge in [-0.3, -0.25) is 0 Å². The van der Waals surface area contributed by atoms with Gasteiger partial charge in [0.25, 0.3) is 0 Å². The van der Waals surface area contributed by atoms with Gasteiger partial charge in [-0.2, -0.15) is 0 Å². The molecule has 0 saturated heterocycles. The Hall–Kier alpha value is -1.94. The Morgan fingerprint density at radius 1 is 1.05 bits per heavy atom. The lowest BCUT2D eigenvalue weighted by Crippen LogP contribution is -2.19. The van der Waals surface area contributed by atoms with Gasteiger partial charge in [0.1, 0.15) is 5.75 Å². The van der Waals surface area contributed by atoms with Crippen LogP contribution in [-0.4, -0.2) is 12.2 Å². The average molecular weight is 263 g/mol. The molecule has 0 radical (unpaired) electrons. The van der Waals surface area contributed by atoms with E-state index < -0.39 is 11.6 Å². The number of rotatable bonds is 4. The van der Waals surface area contributed by atoms with Gasteiger partial charge >= 0.3 is 0 Å². The van der Waals surface area contributed by atoms with Crippen molar-refractivity contribution < 1.29 is 13.9 Å². The van der Waals surface area contributed by atoms with Crippen molar-refractivity contribution in [2.45, 2.75) is 12.5 Å². The third kappa shape index (κ3) is 3.29. The van der Waals surface area contributed by atoms with Crippen LogP contribution in [0.5, 0.6) is 5.75 Å². The van der Waals surface area contributed by atoms with Crippen LogP contribution in [0.2, 0.25) is 0 Å². The highest BCUT2D eigenvalue weighted by atomic mass is 19.2. The van der Waals surface area contributed by atoms with Gasteiger partial charge in [0.2, 0.25) is 0 Å². The minimum atomic E-state index is -0.844. The molecule has 0 aromatic heterocycles. The van der Waals surface area contributed by atoms with Crippen LogP contribution in [0.3, 0.4) is 0 Å². The summed E-state index contributed by atoms with van der Waals surface area (Å²) in [4.78, 5) is 0. The van der Waals surface area contributed by atoms with Gasteiger partial charge < -0.3 is 10.4 Å². The van der Waals surface area contributed by atoms with Crippen molar-refractivity contribution in [3.63, 3.8) is 0 Å². The van der Waals surface area contributed by atoms with Gasteiger partial charge in [-0.1, -0.05) is 18.2 Å². The zero-order valence-electron chi connectivity index (χ0n) is 10.5. The molecule has 0 aliphatic carbocycles. The summed E-state index contributed by atoms with van der Waals surface area (Å²) in [5.41, 5.74) is 1.69. The molecule has 0 spiro atoms. The van der Waals surface area contributed by atoms with E-state index in [-0.39, 0.29) is 11.8 Å². The van der Waals surface area contributed by atoms with Crippen molar-refractivity contribution >= 4 is 0 Å². The van der Waals surface area contributed by atoms with Crippen LogP contribution in [-0.2, 0) is 6.42 Å². The quantitative estimate of drug-likeness (QED) is 0.888. The van der Waals surface area contributed by atoms with Gasteiger partial charge in [0, 0.05) is 6.04 Å². The number of hydrogen-bond acceptors (Lipinski definition) is 2. The molecule has 2 aromatic carbocycles. The van der Waals surface area contributed by atoms with Crippen molar-refractivity contribution in [3.05, 3.63) is 65.2 Å². The number of aromatic hydroxyl groups is 1. The molecule has 2 aromatic rings. The first-order valence-electron chi connectivity index (χ1n) is 6.00. The smallest absolute Gasteiger partial charge is 0.159 e. The van der Waals surface area contributed by atoms with Crippen molar-refractivity contribution in [3.8, 4) is 5.75 Å². The fourth-order valence-electron chi connectivity index (χ4n) is 1.98. The summed E-state index contributed by atoms with van der Waals surface area (Å²) in [6, 6.07) is 10.6. The minimum absolute atomic E-state index is 0.111. The van der Waals surface area contributed by atoms with Crippen LogP contribution in [0, 0.1) is 11.6 Å². The molecule has 2 rings (SSSR count). The zero-order chi connectivity index (χ0) is 13.8. The zero-order valence-corrected chi connectivity index (χ0v) is 10.5. The number of benzene rings is 2. The lowest BCUT2D eigenvalue weighted by atomic mass is 9.99. The molecule has 0 bridgehead atoms. The molecule has 0 fully saturated rings. The highest BCUT2D eigenvalue weighted by Gasteiger charge is 2.12. The van der Waals surface area contributed by atoms with E-state index in [1.165, 1.54) is 6.07 Å². The molecule has 2 nitrogen and oxygen atoms in total. The number of halogens is 2. The Labute approximate surface area is 110 Å². The third-order valence-corrected chi connectivity index (χ3v) is 3.07. The molecule has 4 heteroatoms. The summed E-state index contributed by atoms with van der Waals surface area (Å²) >= 11 is 0. The highest BCUT2D eigenvalue weighted by molar-refractivity contribution is 5.29. The molecule has 0 heterocycles. The van der Waals surface area contributed by atoms with Crippen LogP contribution < -0.4 is 5.32 Å². The van der Waals surface area contributed by atoms with Crippen LogP contribution in [0.4, 0.5) is 8.78 Å². The van der Waals surface area contributed by atoms with Crippen LogP contribution in [0.15, 0.2) is 42.5 Å². The van der Waals surface area contributed by atoms with Crippen molar-refractivity contribution in [2.75, 3.05) is 7.05 Å². The second-order valence-corrected chi connectivity index (χ2v) is 4.39. The van der Waals surface area contributed by atoms with Crippen molar-refractivity contribution in [2.24, 2.45) is 0 Å². The van der Waals surface area contributed by atoms with E-state index in [1.807, 2.05) is 0 Å². The van der Waals surface area contributed by atoms with Gasteiger partial charge in [0.15, 0.2) is 11.6 Å². The normalized spacial score (nSPS) is 12.4. The first kappa shape index (κ1) is 13.5. The Morgan fingerprint density at radius 2 is 1.74 bits per heavy atom. The van der Waals surface area contributed by atoms with Crippen molar-refractivity contribution in [1.29, 1.82) is 0 Å². The summed E-state index contributed by atoms with van der Waals surface area (Å²) in [5.74, 6) is -1.48. The van der Waals surface area contributed by atoms with E-state index in [1.54, 1.807) is 37.4 Å². The topological polar surface area (TPSA) is 32.3 Å². The fraction of sp³-hybridized carbons (Fsp3) is 0.200. The Bertz CT molecular complexity index is 555. The first-order chi connectivity index (χ1) is 9.10. The van der Waals surface area contributed by atoms with Gasteiger partial charge in [-0.15, -0.1) is 0 Å². The second-order valence-electron chi connectivity index (χ2n) is 4.39. The Morgan fingerprint density at radius 3 is 2.32 bits per heavy atom. The lowest BCUT2D eigenvalue weighted by molar-refractivity contribution is 0.474. The van der Waals surface area contributed by atoms with Crippen LogP contribution in [0.1, 0.15) is 17.2 Å². The van der Waals surface area contributed by atoms with E-state index in [4.69, 9.17) is 0 Å². The van der Waals surface area contributed by atoms with Crippen LogP contribution >= 0.6 is 0 Å². The monoisotopic (exact) mass is 263 g/mol. The second kappa shape index (κ2) is 5.80. The number of likely N-dealkylation sites (N-methyl/N-ethyl adjacent to an activating group) is 1. The highest BCUT2D eigenvalue weighted by Crippen LogP contribution is 2.21. The van der Waals surface area contributed by atoms with Crippen molar-refractivity contribution in [1.82, 2.24) is 5.32 Å². The lowest BCUT2D eigenvalue weighted by Gasteiger charge is -2.17. The van der Waals surface area contributed by atoms with E-state index >= 15 is 0 Å². The molecule has 19 heavy (non-hydrogen) atoms. The number of hydrogen-bond donors (Lipinski definition) is 2. The molecular formula is C15H15F2NO. The van der Waals surface area contributed by atoms with E-state index in [2.05, 4.69) is 5.32 Å². The van der Waals surface area contributed by atoms with E-state index in [0.29, 0.717) is 12.0 Å². The Balaban J connectivity index is 2.19. The van der Waals surface area contributed by atoms with Gasteiger partial charge in [-0.25, -0.2) is 8.78 Å². The van der Waals surface area contributed by atoms with Gasteiger partial charge in [-0.05, 0) is 48.9 Å². The summed E-state index contributed by atoms with van der Waals surface area (Å²) in [7, 11) is 1.77. The maximum atomic E-state index is 13.2. The molecule has 1 unspecified atom stereocenters. The largest absolute Gasteiger partial charge is 0.508 e. The predicted molar refractivity (Wildman–Crippen MR) is 70.0 cm³/mol. The van der Waals surface area contributed by atoms with E-state index in [0.717, 1.165) is 11.6 Å². The standard InChI is InChI=1S/C15H15F2NO/c1-18-15(8-10-2-5-12(19)6-3-10)11-4-7-13(16)14(17)9-11/h2-7,9,15,18-19H,8H2,1H3. The third-order valence-electron chi connectivity index (χ3n) is 3.07. The molecule has 0 saturated carbocycles. The minimum Gasteiger partial charge on any atom is -0.508 e. The maximum Gasteiger partial charge on any atom is 0.159 e. The summed E-state index contributed by atoms with van der Waals surface area (Å²) in [6.07, 6.45) is 0.627. The number of nitrogens with one attached hydrogen (secondary N) is 1. The summed E-state index contributed by atoms with van der Waals surface area (Å²) < 4.78 is 26.1. The predicted octanol–water partition coefficient (Wildman–Crippen LogP) is 3.17. The summed E-state index contributed by atoms with van der Waals surface area (Å²) in [5, 5.41) is 12.3. The van der Waals surface area contributed by atoms with Crippen LogP contribution in [0.25, 0.3) is 0 Å². The fourth-order valence-corrected chi connectivity index (χ4v) is 1.98. The molecule has 0 amide bonds. The molecule has 0 aliphatic heterocycles. The first-order valence-corrected chi connectivity index (χ1v) is 6.00. The maximum absolute atomic E-state index is 13.2. The molecule has 100 valence electrons. The molecule has 0 aliphatic rings. The van der Waals surface area contributed by atoms with E-state index in [9.17, 15) is 13.9 Å². The molecular weight excluding hydrogens is 248 g/mol. The Kier molecular flexibility index (Phi) is 4.12. The summed E-state index contributed by atoms with van der Waals surface area (Å²) in [6.45, 7) is 0. The number of phenols is 1. The average Bonchev–Trinajstić information content (AvgIpc) is 2.41. The SMILES string of the molecule is CNC(Cc1ccc(O)cc1)c1ccc(F)c(F)c1. The molecule has 1 atom stereocenters. The van der Waals surface area contributed by atoms with Gasteiger partial charge in [0.05, 0.1) is 0 Å².